The zero-order chi connectivity index (χ0) is 11.5. The van der Waals surface area contributed by atoms with Crippen molar-refractivity contribution < 1.29 is 4.42 Å². The predicted octanol–water partition coefficient (Wildman–Crippen LogP) is 2.59. The highest BCUT2D eigenvalue weighted by Crippen LogP contribution is 2.21. The fourth-order valence-corrected chi connectivity index (χ4v) is 1.75. The van der Waals surface area contributed by atoms with Gasteiger partial charge in [-0.1, -0.05) is 38.3 Å². The number of nitrogens with zero attached hydrogens (tertiary/aromatic N) is 2. The van der Waals surface area contributed by atoms with E-state index in [1.165, 1.54) is 0 Å². The molecule has 0 radical (unpaired) electrons. The zero-order valence-corrected chi connectivity index (χ0v) is 10.2. The first-order chi connectivity index (χ1) is 7.65. The highest BCUT2D eigenvalue weighted by Gasteiger charge is 2.09. The predicted molar refractivity (Wildman–Crippen MR) is 64.9 cm³/mol. The van der Waals surface area contributed by atoms with Crippen LogP contribution < -0.4 is 11.1 Å². The number of rotatable bonds is 3. The Morgan fingerprint density at radius 3 is 2.88 bits per heavy atom. The molecule has 1 aromatic heterocycles. The molecule has 2 rings (SSSR count). The first-order valence-electron chi connectivity index (χ1n) is 4.76. The van der Waals surface area contributed by atoms with E-state index in [0.717, 1.165) is 10.0 Å². The number of aromatic nitrogens is 2. The van der Waals surface area contributed by atoms with Gasteiger partial charge < -0.3 is 15.5 Å². The highest BCUT2D eigenvalue weighted by atomic mass is 79.9. The Balaban J connectivity index is 2.11. The molecule has 84 valence electrons. The molecule has 0 amide bonds. The summed E-state index contributed by atoms with van der Waals surface area (Å²) in [5.41, 5.74) is 6.45. The lowest BCUT2D eigenvalue weighted by atomic mass is 10.1. The fourth-order valence-electron chi connectivity index (χ4n) is 1.34. The lowest BCUT2D eigenvalue weighted by Crippen LogP contribution is -2.06. The summed E-state index contributed by atoms with van der Waals surface area (Å²) in [5.74, 6) is 0. The van der Waals surface area contributed by atoms with Crippen LogP contribution in [-0.4, -0.2) is 10.2 Å². The summed E-state index contributed by atoms with van der Waals surface area (Å²) >= 11 is 3.42. The van der Waals surface area contributed by atoms with Crippen LogP contribution in [0.4, 0.5) is 12.0 Å². The smallest absolute Gasteiger partial charge is 0.317 e. The topological polar surface area (TPSA) is 77.0 Å². The van der Waals surface area contributed by atoms with Gasteiger partial charge in [-0.15, -0.1) is 0 Å². The van der Waals surface area contributed by atoms with Gasteiger partial charge in [0.1, 0.15) is 0 Å². The quantitative estimate of drug-likeness (QED) is 0.905. The number of nitrogen functional groups attached to an aromatic ring is 1. The molecule has 1 atom stereocenters. The first kappa shape index (κ1) is 10.9. The minimum atomic E-state index is 0.0592. The minimum absolute atomic E-state index is 0.0592. The summed E-state index contributed by atoms with van der Waals surface area (Å²) in [4.78, 5) is 0. The molecule has 1 unspecified atom stereocenters. The largest absolute Gasteiger partial charge is 0.390 e. The first-order valence-corrected chi connectivity index (χ1v) is 5.55. The number of anilines is 2. The summed E-state index contributed by atoms with van der Waals surface area (Å²) in [7, 11) is 0. The van der Waals surface area contributed by atoms with E-state index in [4.69, 9.17) is 10.2 Å². The molecule has 0 aliphatic carbocycles. The van der Waals surface area contributed by atoms with Crippen molar-refractivity contribution in [1.82, 2.24) is 10.2 Å². The Kier molecular flexibility index (Phi) is 3.09. The van der Waals surface area contributed by atoms with Crippen molar-refractivity contribution in [1.29, 1.82) is 0 Å². The van der Waals surface area contributed by atoms with E-state index in [1.54, 1.807) is 0 Å². The second-order valence-electron chi connectivity index (χ2n) is 3.37. The summed E-state index contributed by atoms with van der Waals surface area (Å²) in [6.07, 6.45) is 0. The maximum atomic E-state index is 5.33. The summed E-state index contributed by atoms with van der Waals surface area (Å²) < 4.78 is 6.07. The molecule has 0 fully saturated rings. The lowest BCUT2D eigenvalue weighted by molar-refractivity contribution is 0.578. The van der Waals surface area contributed by atoms with Gasteiger partial charge in [0, 0.05) is 4.47 Å². The van der Waals surface area contributed by atoms with Crippen molar-refractivity contribution in [3.63, 3.8) is 0 Å². The number of hydrogen-bond donors (Lipinski definition) is 2. The van der Waals surface area contributed by atoms with E-state index in [2.05, 4.69) is 31.4 Å². The lowest BCUT2D eigenvalue weighted by Gasteiger charge is -2.12. The Morgan fingerprint density at radius 1 is 1.44 bits per heavy atom. The average molecular weight is 283 g/mol. The summed E-state index contributed by atoms with van der Waals surface area (Å²) in [5, 5.41) is 10.4. The van der Waals surface area contributed by atoms with E-state index in [0.29, 0.717) is 6.01 Å². The van der Waals surface area contributed by atoms with Gasteiger partial charge in [0.25, 0.3) is 0 Å². The molecule has 0 aliphatic heterocycles. The molecule has 0 aliphatic rings. The fraction of sp³-hybridized carbons (Fsp3) is 0.200. The molecule has 6 heteroatoms. The number of nitrogens with two attached hydrogens (primary N) is 1. The van der Waals surface area contributed by atoms with Crippen LogP contribution in [0, 0.1) is 0 Å². The van der Waals surface area contributed by atoms with Gasteiger partial charge in [-0.05, 0) is 24.6 Å². The van der Waals surface area contributed by atoms with Crippen LogP contribution in [0.5, 0.6) is 0 Å². The van der Waals surface area contributed by atoms with Crippen LogP contribution in [0.1, 0.15) is 18.5 Å². The van der Waals surface area contributed by atoms with Crippen LogP contribution in [0.25, 0.3) is 0 Å². The van der Waals surface area contributed by atoms with Gasteiger partial charge in [-0.25, -0.2) is 0 Å². The van der Waals surface area contributed by atoms with Crippen LogP contribution in [0.3, 0.4) is 0 Å². The van der Waals surface area contributed by atoms with Crippen LogP contribution in [0.2, 0.25) is 0 Å². The van der Waals surface area contributed by atoms with Crippen LogP contribution in [0.15, 0.2) is 33.2 Å². The molecule has 3 N–H and O–H groups in total. The molecular formula is C10H11BrN4O. The van der Waals surface area contributed by atoms with Crippen molar-refractivity contribution >= 4 is 28.0 Å². The second kappa shape index (κ2) is 4.52. The highest BCUT2D eigenvalue weighted by molar-refractivity contribution is 9.10. The van der Waals surface area contributed by atoms with Crippen molar-refractivity contribution in [2.24, 2.45) is 0 Å². The second-order valence-corrected chi connectivity index (χ2v) is 4.28. The van der Waals surface area contributed by atoms with Gasteiger partial charge in [-0.2, -0.15) is 0 Å². The van der Waals surface area contributed by atoms with Crippen molar-refractivity contribution in [2.75, 3.05) is 11.1 Å². The Hall–Kier alpha value is -1.56. The maximum Gasteiger partial charge on any atom is 0.317 e. The molecule has 0 saturated carbocycles. The third-order valence-corrected chi connectivity index (χ3v) is 2.62. The number of halogens is 1. The van der Waals surface area contributed by atoms with E-state index >= 15 is 0 Å². The Morgan fingerprint density at radius 2 is 2.25 bits per heavy atom. The monoisotopic (exact) mass is 282 g/mol. The maximum absolute atomic E-state index is 5.33. The molecule has 1 heterocycles. The van der Waals surface area contributed by atoms with Gasteiger partial charge >= 0.3 is 12.0 Å². The van der Waals surface area contributed by atoms with Gasteiger partial charge in [0.2, 0.25) is 0 Å². The normalized spacial score (nSPS) is 12.4. The number of benzene rings is 1. The molecule has 2 aromatic rings. The summed E-state index contributed by atoms with van der Waals surface area (Å²) in [6, 6.07) is 8.44. The molecule has 16 heavy (non-hydrogen) atoms. The van der Waals surface area contributed by atoms with Crippen molar-refractivity contribution in [2.45, 2.75) is 13.0 Å². The molecule has 1 aromatic carbocycles. The number of nitrogens with one attached hydrogen (secondary N) is 1. The van der Waals surface area contributed by atoms with E-state index < -0.39 is 0 Å². The van der Waals surface area contributed by atoms with E-state index in [1.807, 2.05) is 31.2 Å². The Bertz CT molecular complexity index is 485. The number of hydrogen-bond acceptors (Lipinski definition) is 5. The Labute approximate surface area is 101 Å². The molecular weight excluding hydrogens is 272 g/mol. The molecule has 0 bridgehead atoms. The van der Waals surface area contributed by atoms with Crippen molar-refractivity contribution in [3.8, 4) is 0 Å². The third kappa shape index (κ3) is 2.52. The standard InChI is InChI=1S/C10H11BrN4O/c1-6(7-3-2-4-8(11)5-7)13-10-15-14-9(12)16-10/h2-6H,1H3,(H2,12,14)(H,13,15). The van der Waals surface area contributed by atoms with Gasteiger partial charge in [0.15, 0.2) is 0 Å². The molecule has 0 spiro atoms. The van der Waals surface area contributed by atoms with E-state index in [9.17, 15) is 0 Å². The average Bonchev–Trinajstić information content (AvgIpc) is 2.64. The van der Waals surface area contributed by atoms with Crippen molar-refractivity contribution in [3.05, 3.63) is 34.3 Å². The minimum Gasteiger partial charge on any atom is -0.390 e. The third-order valence-electron chi connectivity index (χ3n) is 2.13. The molecule has 0 saturated heterocycles. The van der Waals surface area contributed by atoms with E-state index in [-0.39, 0.29) is 12.1 Å². The van der Waals surface area contributed by atoms with Crippen LogP contribution in [-0.2, 0) is 0 Å². The van der Waals surface area contributed by atoms with Crippen LogP contribution >= 0.6 is 15.9 Å². The molecule has 5 nitrogen and oxygen atoms in total. The van der Waals surface area contributed by atoms with Gasteiger partial charge in [0.05, 0.1) is 6.04 Å². The zero-order valence-electron chi connectivity index (χ0n) is 8.64. The van der Waals surface area contributed by atoms with Gasteiger partial charge in [-0.3, -0.25) is 0 Å². The SMILES string of the molecule is CC(Nc1nnc(N)o1)c1cccc(Br)c1. The summed E-state index contributed by atoms with van der Waals surface area (Å²) in [6.45, 7) is 2.00.